The summed E-state index contributed by atoms with van der Waals surface area (Å²) in [5, 5.41) is 4.98. The van der Waals surface area contributed by atoms with Crippen LogP contribution in [0, 0.1) is 0 Å². The fourth-order valence-electron chi connectivity index (χ4n) is 4.37. The van der Waals surface area contributed by atoms with Crippen molar-refractivity contribution in [1.29, 1.82) is 0 Å². The lowest BCUT2D eigenvalue weighted by Crippen LogP contribution is -2.07. The zero-order chi connectivity index (χ0) is 23.8. The summed E-state index contributed by atoms with van der Waals surface area (Å²) >= 11 is 0. The van der Waals surface area contributed by atoms with Crippen LogP contribution in [-0.4, -0.2) is 9.78 Å². The molecule has 1 aromatic heterocycles. The largest absolute Gasteiger partial charge is 0.398 e. The minimum absolute atomic E-state index is 0.565. The molecule has 4 heteroatoms. The van der Waals surface area contributed by atoms with E-state index in [9.17, 15) is 0 Å². The second kappa shape index (κ2) is 11.7. The molecule has 0 atom stereocenters. The maximum absolute atomic E-state index is 6.18. The van der Waals surface area contributed by atoms with Crippen LogP contribution in [0.5, 0.6) is 0 Å². The van der Waals surface area contributed by atoms with Crippen LogP contribution in [0.2, 0.25) is 0 Å². The van der Waals surface area contributed by atoms with E-state index >= 15 is 0 Å². The molecule has 4 nitrogen and oxygen atoms in total. The number of nitrogen functional groups attached to an aromatic ring is 1. The number of nitrogens with zero attached hydrogens (tertiary/aromatic N) is 2. The van der Waals surface area contributed by atoms with Gasteiger partial charge in [0.15, 0.2) is 0 Å². The van der Waals surface area contributed by atoms with Gasteiger partial charge in [0.2, 0.25) is 0 Å². The summed E-state index contributed by atoms with van der Waals surface area (Å²) in [6, 6.07) is 27.1. The van der Waals surface area contributed by atoms with Crippen LogP contribution in [0.3, 0.4) is 0 Å². The highest BCUT2D eigenvalue weighted by molar-refractivity contribution is 5.76. The summed E-state index contributed by atoms with van der Waals surface area (Å²) in [4.78, 5) is 0. The van der Waals surface area contributed by atoms with Crippen molar-refractivity contribution in [3.05, 3.63) is 107 Å². The third-order valence-electron chi connectivity index (χ3n) is 6.27. The molecule has 0 radical (unpaired) electrons. The lowest BCUT2D eigenvalue weighted by Gasteiger charge is -2.11. The van der Waals surface area contributed by atoms with Gasteiger partial charge in [-0.2, -0.15) is 5.10 Å². The highest BCUT2D eigenvalue weighted by atomic mass is 16.5. The second-order valence-corrected chi connectivity index (χ2v) is 8.73. The van der Waals surface area contributed by atoms with Crippen LogP contribution in [0.15, 0.2) is 78.9 Å². The Hall–Kier alpha value is -3.37. The molecule has 0 aliphatic heterocycles. The lowest BCUT2D eigenvalue weighted by molar-refractivity contribution is 0.101. The first-order chi connectivity index (χ1) is 16.7. The fourth-order valence-corrected chi connectivity index (χ4v) is 4.37. The number of aromatic nitrogens is 2. The minimum Gasteiger partial charge on any atom is -0.398 e. The summed E-state index contributed by atoms with van der Waals surface area (Å²) in [7, 11) is 0. The molecule has 3 aromatic carbocycles. The lowest BCUT2D eigenvalue weighted by atomic mass is 9.97. The molecule has 0 saturated carbocycles. The van der Waals surface area contributed by atoms with Crippen molar-refractivity contribution in [2.24, 2.45) is 0 Å². The first-order valence-corrected chi connectivity index (χ1v) is 12.3. The molecule has 0 aliphatic carbocycles. The summed E-state index contributed by atoms with van der Waals surface area (Å²) < 4.78 is 8.29. The highest BCUT2D eigenvalue weighted by Gasteiger charge is 2.18. The fraction of sp³-hybridized carbons (Fsp3) is 0.300. The molecule has 0 amide bonds. The van der Waals surface area contributed by atoms with Crippen LogP contribution in [0.25, 0.3) is 11.1 Å². The van der Waals surface area contributed by atoms with Gasteiger partial charge in [0.05, 0.1) is 24.6 Å². The van der Waals surface area contributed by atoms with Crippen molar-refractivity contribution < 1.29 is 4.74 Å². The van der Waals surface area contributed by atoms with Crippen LogP contribution in [0.1, 0.15) is 54.8 Å². The van der Waals surface area contributed by atoms with Gasteiger partial charge in [-0.05, 0) is 42.5 Å². The Kier molecular flexibility index (Phi) is 8.16. The molecule has 0 unspecified atom stereocenters. The van der Waals surface area contributed by atoms with Crippen molar-refractivity contribution in [3.8, 4) is 11.1 Å². The average Bonchev–Trinajstić information content (AvgIpc) is 3.20. The molecule has 0 aliphatic rings. The van der Waals surface area contributed by atoms with Gasteiger partial charge in [-0.1, -0.05) is 86.1 Å². The van der Waals surface area contributed by atoms with Crippen molar-refractivity contribution in [2.45, 2.75) is 59.3 Å². The normalized spacial score (nSPS) is 11.1. The third-order valence-corrected chi connectivity index (χ3v) is 6.27. The molecule has 4 aromatic rings. The first-order valence-electron chi connectivity index (χ1n) is 12.3. The van der Waals surface area contributed by atoms with Gasteiger partial charge in [0.1, 0.15) is 0 Å². The summed E-state index contributed by atoms with van der Waals surface area (Å²) in [5.41, 5.74) is 15.4. The Labute approximate surface area is 203 Å². The molecule has 0 saturated heterocycles. The van der Waals surface area contributed by atoms with Crippen LogP contribution in [0.4, 0.5) is 5.69 Å². The van der Waals surface area contributed by atoms with E-state index < -0.39 is 0 Å². The molecule has 34 heavy (non-hydrogen) atoms. The van der Waals surface area contributed by atoms with E-state index in [1.807, 2.05) is 24.3 Å². The van der Waals surface area contributed by atoms with Gasteiger partial charge in [-0.25, -0.2) is 0 Å². The monoisotopic (exact) mass is 453 g/mol. The van der Waals surface area contributed by atoms with Gasteiger partial charge in [-0.15, -0.1) is 0 Å². The first kappa shape index (κ1) is 23.8. The maximum Gasteiger partial charge on any atom is 0.0892 e. The smallest absolute Gasteiger partial charge is 0.0892 e. The van der Waals surface area contributed by atoms with Crippen molar-refractivity contribution >= 4 is 5.69 Å². The highest BCUT2D eigenvalue weighted by Crippen LogP contribution is 2.27. The standard InChI is InChI=1S/C30H35N3O/c1-3-5-15-29-27(20-23-16-18-25(19-17-23)26-13-9-10-14-28(26)31)30(33(4-2)32-29)22-34-21-24-11-7-6-8-12-24/h6-14,16-19H,3-5,15,20-22,31H2,1-2H3. The van der Waals surface area contributed by atoms with E-state index in [0.717, 1.165) is 49.0 Å². The van der Waals surface area contributed by atoms with Crippen molar-refractivity contribution in [1.82, 2.24) is 9.78 Å². The summed E-state index contributed by atoms with van der Waals surface area (Å²) in [5.74, 6) is 0. The molecule has 176 valence electrons. The minimum atomic E-state index is 0.565. The molecule has 4 rings (SSSR count). The Balaban J connectivity index is 1.57. The molecular formula is C30H35N3O. The van der Waals surface area contributed by atoms with Crippen LogP contribution in [-0.2, 0) is 37.3 Å². The zero-order valence-electron chi connectivity index (χ0n) is 20.3. The van der Waals surface area contributed by atoms with Crippen molar-refractivity contribution in [2.75, 3.05) is 5.73 Å². The van der Waals surface area contributed by atoms with Gasteiger partial charge in [0, 0.05) is 29.8 Å². The number of benzene rings is 3. The van der Waals surface area contributed by atoms with E-state index in [4.69, 9.17) is 15.6 Å². The van der Waals surface area contributed by atoms with Crippen molar-refractivity contribution in [3.63, 3.8) is 0 Å². The van der Waals surface area contributed by atoms with E-state index in [0.29, 0.717) is 13.2 Å². The third kappa shape index (κ3) is 5.75. The zero-order valence-corrected chi connectivity index (χ0v) is 20.3. The van der Waals surface area contributed by atoms with E-state index in [1.165, 1.54) is 28.1 Å². The summed E-state index contributed by atoms with van der Waals surface area (Å²) in [6.45, 7) is 6.40. The van der Waals surface area contributed by atoms with Gasteiger partial charge in [-0.3, -0.25) is 4.68 Å². The molecule has 1 heterocycles. The van der Waals surface area contributed by atoms with Gasteiger partial charge in [0.25, 0.3) is 0 Å². The Morgan fingerprint density at radius 1 is 0.824 bits per heavy atom. The number of rotatable bonds is 11. The summed E-state index contributed by atoms with van der Waals surface area (Å²) in [6.07, 6.45) is 4.16. The Bertz CT molecular complexity index is 1180. The number of ether oxygens (including phenoxy) is 1. The number of nitrogens with two attached hydrogens (primary N) is 1. The Morgan fingerprint density at radius 2 is 1.56 bits per heavy atom. The maximum atomic E-state index is 6.18. The number of anilines is 1. The quantitative estimate of drug-likeness (QED) is 0.254. The molecule has 0 fully saturated rings. The van der Waals surface area contributed by atoms with Crippen LogP contribution >= 0.6 is 0 Å². The molecule has 2 N–H and O–H groups in total. The van der Waals surface area contributed by atoms with Crippen LogP contribution < -0.4 is 5.73 Å². The van der Waals surface area contributed by atoms with Gasteiger partial charge >= 0.3 is 0 Å². The van der Waals surface area contributed by atoms with Gasteiger partial charge < -0.3 is 10.5 Å². The van der Waals surface area contributed by atoms with E-state index in [-0.39, 0.29) is 0 Å². The number of unbranched alkanes of at least 4 members (excludes halogenated alkanes) is 1. The van der Waals surface area contributed by atoms with E-state index in [1.54, 1.807) is 0 Å². The van der Waals surface area contributed by atoms with E-state index in [2.05, 4.69) is 73.1 Å². The number of aryl methyl sites for hydroxylation is 2. The predicted molar refractivity (Wildman–Crippen MR) is 141 cm³/mol. The number of hydrogen-bond acceptors (Lipinski definition) is 3. The number of hydrogen-bond donors (Lipinski definition) is 1. The second-order valence-electron chi connectivity index (χ2n) is 8.73. The average molecular weight is 454 g/mol. The SMILES string of the molecule is CCCCc1nn(CC)c(COCc2ccccc2)c1Cc1ccc(-c2ccccc2N)cc1. The molecular weight excluding hydrogens is 418 g/mol. The topological polar surface area (TPSA) is 53.1 Å². The predicted octanol–water partition coefficient (Wildman–Crippen LogP) is 6.80. The number of para-hydroxylation sites is 1. The molecule has 0 spiro atoms. The molecule has 0 bridgehead atoms. The Morgan fingerprint density at radius 3 is 2.26 bits per heavy atom.